The van der Waals surface area contributed by atoms with Crippen LogP contribution in [-0.4, -0.2) is 55.8 Å². The first-order valence-corrected chi connectivity index (χ1v) is 8.09. The molecule has 2 N–H and O–H groups in total. The third-order valence-electron chi connectivity index (χ3n) is 3.58. The molecule has 0 radical (unpaired) electrons. The van der Waals surface area contributed by atoms with Gasteiger partial charge in [-0.3, -0.25) is 4.68 Å². The van der Waals surface area contributed by atoms with Gasteiger partial charge in [-0.1, -0.05) is 0 Å². The zero-order valence-electron chi connectivity index (χ0n) is 15.3. The van der Waals surface area contributed by atoms with Gasteiger partial charge in [0.05, 0.1) is 32.0 Å². The van der Waals surface area contributed by atoms with Crippen LogP contribution in [0.4, 0.5) is 0 Å². The van der Waals surface area contributed by atoms with Gasteiger partial charge in [-0.15, -0.1) is 0 Å². The monoisotopic (exact) mass is 325 g/mol. The average molecular weight is 325 g/mol. The number of aryl methyl sites for hydroxylation is 1. The highest BCUT2D eigenvalue weighted by Crippen LogP contribution is 2.14. The topological polar surface area (TPSA) is 72.7 Å². The average Bonchev–Trinajstić information content (AvgIpc) is 2.77. The molecule has 23 heavy (non-hydrogen) atoms. The predicted octanol–water partition coefficient (Wildman–Crippen LogP) is 1.24. The fraction of sp³-hybridized carbons (Fsp3) is 0.750. The molecule has 0 spiro atoms. The largest absolute Gasteiger partial charge is 0.383 e. The lowest BCUT2D eigenvalue weighted by molar-refractivity contribution is 0.179. The van der Waals surface area contributed by atoms with Gasteiger partial charge in [0.15, 0.2) is 5.96 Å². The van der Waals surface area contributed by atoms with E-state index in [1.165, 1.54) is 0 Å². The number of nitrogens with one attached hydrogen (secondary N) is 2. The van der Waals surface area contributed by atoms with Gasteiger partial charge in [0.2, 0.25) is 0 Å². The van der Waals surface area contributed by atoms with Crippen molar-refractivity contribution in [1.82, 2.24) is 20.4 Å². The maximum atomic E-state index is 5.15. The van der Waals surface area contributed by atoms with Crippen molar-refractivity contribution in [1.29, 1.82) is 0 Å². The molecule has 0 amide bonds. The van der Waals surface area contributed by atoms with Crippen molar-refractivity contribution in [3.05, 3.63) is 17.0 Å². The Hall–Kier alpha value is -1.60. The van der Waals surface area contributed by atoms with E-state index in [0.29, 0.717) is 19.8 Å². The van der Waals surface area contributed by atoms with Gasteiger partial charge in [-0.05, 0) is 27.7 Å². The molecule has 0 aliphatic rings. The van der Waals surface area contributed by atoms with Crippen molar-refractivity contribution >= 4 is 5.96 Å². The second-order valence-corrected chi connectivity index (χ2v) is 5.56. The van der Waals surface area contributed by atoms with Crippen LogP contribution in [0.25, 0.3) is 0 Å². The Morgan fingerprint density at radius 2 is 2.04 bits per heavy atom. The SMILES string of the molecule is CCNC(=NCc1c(C)nn(CCOC)c1C)NC(C)COC. The molecule has 0 aromatic carbocycles. The molecule has 132 valence electrons. The quantitative estimate of drug-likeness (QED) is 0.528. The molecule has 7 heteroatoms. The van der Waals surface area contributed by atoms with E-state index in [-0.39, 0.29) is 6.04 Å². The fourth-order valence-electron chi connectivity index (χ4n) is 2.36. The van der Waals surface area contributed by atoms with Crippen LogP contribution in [0.3, 0.4) is 0 Å². The van der Waals surface area contributed by atoms with Crippen LogP contribution in [-0.2, 0) is 22.6 Å². The standard InChI is InChI=1S/C16H31N5O2/c1-7-17-16(19-12(2)11-23-6)18-10-15-13(3)20-21(14(15)4)8-9-22-5/h12H,7-11H2,1-6H3,(H2,17,18,19). The molecule has 0 saturated carbocycles. The first-order chi connectivity index (χ1) is 11.0. The van der Waals surface area contributed by atoms with E-state index < -0.39 is 0 Å². The number of rotatable bonds is 9. The van der Waals surface area contributed by atoms with Gasteiger partial charge in [-0.25, -0.2) is 4.99 Å². The Kier molecular flexibility index (Phi) is 8.65. The summed E-state index contributed by atoms with van der Waals surface area (Å²) < 4.78 is 12.3. The van der Waals surface area contributed by atoms with Gasteiger partial charge in [0, 0.05) is 38.1 Å². The van der Waals surface area contributed by atoms with Gasteiger partial charge in [-0.2, -0.15) is 5.10 Å². The molecule has 0 fully saturated rings. The molecule has 1 heterocycles. The highest BCUT2D eigenvalue weighted by atomic mass is 16.5. The Balaban J connectivity index is 2.80. The molecule has 1 unspecified atom stereocenters. The van der Waals surface area contributed by atoms with E-state index in [1.807, 2.05) is 11.6 Å². The molecule has 0 saturated heterocycles. The zero-order chi connectivity index (χ0) is 17.2. The second kappa shape index (κ2) is 10.2. The molecule has 0 aliphatic carbocycles. The van der Waals surface area contributed by atoms with Crippen molar-refractivity contribution in [2.45, 2.75) is 46.8 Å². The van der Waals surface area contributed by atoms with Crippen molar-refractivity contribution < 1.29 is 9.47 Å². The lowest BCUT2D eigenvalue weighted by Crippen LogP contribution is -2.43. The van der Waals surface area contributed by atoms with Crippen LogP contribution >= 0.6 is 0 Å². The maximum absolute atomic E-state index is 5.15. The van der Waals surface area contributed by atoms with Gasteiger partial charge < -0.3 is 20.1 Å². The summed E-state index contributed by atoms with van der Waals surface area (Å²) in [4.78, 5) is 4.68. The first kappa shape index (κ1) is 19.4. The fourth-order valence-corrected chi connectivity index (χ4v) is 2.36. The third kappa shape index (κ3) is 6.19. The number of aromatic nitrogens is 2. The number of hydrogen-bond acceptors (Lipinski definition) is 4. The maximum Gasteiger partial charge on any atom is 0.191 e. The molecular formula is C16H31N5O2. The molecule has 1 aromatic heterocycles. The normalized spacial score (nSPS) is 13.2. The molecule has 7 nitrogen and oxygen atoms in total. The summed E-state index contributed by atoms with van der Waals surface area (Å²) in [5.41, 5.74) is 3.32. The van der Waals surface area contributed by atoms with E-state index in [4.69, 9.17) is 9.47 Å². The van der Waals surface area contributed by atoms with Crippen molar-refractivity contribution in [2.75, 3.05) is 34.0 Å². The van der Waals surface area contributed by atoms with Crippen molar-refractivity contribution in [3.63, 3.8) is 0 Å². The van der Waals surface area contributed by atoms with E-state index in [2.05, 4.69) is 41.5 Å². The van der Waals surface area contributed by atoms with Gasteiger partial charge in [0.1, 0.15) is 0 Å². The number of methoxy groups -OCH3 is 2. The zero-order valence-corrected chi connectivity index (χ0v) is 15.3. The summed E-state index contributed by atoms with van der Waals surface area (Å²) in [6, 6.07) is 0.199. The Labute approximate surface area is 139 Å². The minimum Gasteiger partial charge on any atom is -0.383 e. The van der Waals surface area contributed by atoms with E-state index in [0.717, 1.165) is 36.0 Å². The highest BCUT2D eigenvalue weighted by molar-refractivity contribution is 5.80. The van der Waals surface area contributed by atoms with Gasteiger partial charge >= 0.3 is 0 Å². The summed E-state index contributed by atoms with van der Waals surface area (Å²) in [5, 5.41) is 11.2. The Bertz CT molecular complexity index is 499. The summed E-state index contributed by atoms with van der Waals surface area (Å²) in [6.45, 7) is 11.7. The van der Waals surface area contributed by atoms with Crippen LogP contribution in [0.1, 0.15) is 30.8 Å². The van der Waals surface area contributed by atoms with Crippen LogP contribution < -0.4 is 10.6 Å². The third-order valence-corrected chi connectivity index (χ3v) is 3.58. The number of nitrogens with zero attached hydrogens (tertiary/aromatic N) is 3. The van der Waals surface area contributed by atoms with Crippen molar-refractivity contribution in [2.24, 2.45) is 4.99 Å². The lowest BCUT2D eigenvalue weighted by atomic mass is 10.2. The summed E-state index contributed by atoms with van der Waals surface area (Å²) in [6.07, 6.45) is 0. The van der Waals surface area contributed by atoms with E-state index in [9.17, 15) is 0 Å². The van der Waals surface area contributed by atoms with Crippen LogP contribution in [0.5, 0.6) is 0 Å². The smallest absolute Gasteiger partial charge is 0.191 e. The van der Waals surface area contributed by atoms with E-state index in [1.54, 1.807) is 14.2 Å². The van der Waals surface area contributed by atoms with Crippen LogP contribution in [0.15, 0.2) is 4.99 Å². The minimum absolute atomic E-state index is 0.199. The second-order valence-electron chi connectivity index (χ2n) is 5.56. The van der Waals surface area contributed by atoms with Crippen LogP contribution in [0.2, 0.25) is 0 Å². The highest BCUT2D eigenvalue weighted by Gasteiger charge is 2.11. The van der Waals surface area contributed by atoms with Crippen molar-refractivity contribution in [3.8, 4) is 0 Å². The van der Waals surface area contributed by atoms with E-state index >= 15 is 0 Å². The number of hydrogen-bond donors (Lipinski definition) is 2. The first-order valence-electron chi connectivity index (χ1n) is 8.09. The molecule has 0 aliphatic heterocycles. The van der Waals surface area contributed by atoms with Gasteiger partial charge in [0.25, 0.3) is 0 Å². The summed E-state index contributed by atoms with van der Waals surface area (Å²) in [5.74, 6) is 0.792. The molecular weight excluding hydrogens is 294 g/mol. The predicted molar refractivity (Wildman–Crippen MR) is 92.9 cm³/mol. The Morgan fingerprint density at radius 3 is 2.65 bits per heavy atom. The number of guanidine groups is 1. The number of ether oxygens (including phenoxy) is 2. The lowest BCUT2D eigenvalue weighted by Gasteiger charge is -2.17. The molecule has 1 rings (SSSR count). The number of aliphatic imine (C=N–C) groups is 1. The molecule has 1 aromatic rings. The summed E-state index contributed by atoms with van der Waals surface area (Å²) >= 11 is 0. The Morgan fingerprint density at radius 1 is 1.30 bits per heavy atom. The minimum atomic E-state index is 0.199. The van der Waals surface area contributed by atoms with Crippen LogP contribution in [0, 0.1) is 13.8 Å². The molecule has 0 bridgehead atoms. The molecule has 1 atom stereocenters. The summed E-state index contributed by atoms with van der Waals surface area (Å²) in [7, 11) is 3.40.